The predicted octanol–water partition coefficient (Wildman–Crippen LogP) is 4.40. The van der Waals surface area contributed by atoms with Crippen LogP contribution in [0.5, 0.6) is 0 Å². The van der Waals surface area contributed by atoms with Gasteiger partial charge in [0.05, 0.1) is 0 Å². The highest BCUT2D eigenvalue weighted by Crippen LogP contribution is 2.24. The molecule has 0 aromatic carbocycles. The summed E-state index contributed by atoms with van der Waals surface area (Å²) in [6, 6.07) is 2.43. The van der Waals surface area contributed by atoms with E-state index in [1.54, 1.807) is 0 Å². The van der Waals surface area contributed by atoms with Crippen LogP contribution in [0.4, 0.5) is 0 Å². The molecule has 3 aliphatic heterocycles. The van der Waals surface area contributed by atoms with Crippen molar-refractivity contribution in [2.75, 3.05) is 58.9 Å². The summed E-state index contributed by atoms with van der Waals surface area (Å²) in [7, 11) is 0. The number of nitrogens with zero attached hydrogens (tertiary/aromatic N) is 4. The maximum absolute atomic E-state index is 2.84. The van der Waals surface area contributed by atoms with Crippen molar-refractivity contribution >= 4 is 0 Å². The van der Waals surface area contributed by atoms with Gasteiger partial charge in [0.15, 0.2) is 0 Å². The summed E-state index contributed by atoms with van der Waals surface area (Å²) >= 11 is 0. The Balaban J connectivity index is 0.00000145. The molecule has 0 aliphatic carbocycles. The van der Waals surface area contributed by atoms with Crippen LogP contribution in [0.2, 0.25) is 0 Å². The monoisotopic (exact) mass is 408 g/mol. The van der Waals surface area contributed by atoms with Gasteiger partial charge in [-0.25, -0.2) is 0 Å². The van der Waals surface area contributed by atoms with Gasteiger partial charge < -0.3 is 9.80 Å². The van der Waals surface area contributed by atoms with Gasteiger partial charge in [0.25, 0.3) is 0 Å². The van der Waals surface area contributed by atoms with Crippen LogP contribution < -0.4 is 0 Å². The van der Waals surface area contributed by atoms with Gasteiger partial charge in [-0.2, -0.15) is 0 Å². The van der Waals surface area contributed by atoms with Crippen LogP contribution >= 0.6 is 0 Å². The van der Waals surface area contributed by atoms with Crippen molar-refractivity contribution < 1.29 is 0 Å². The molecule has 3 aliphatic rings. The fraction of sp³-hybridized carbons (Fsp3) is 1.00. The molecule has 0 N–H and O–H groups in total. The van der Waals surface area contributed by atoms with Crippen LogP contribution in [0.1, 0.15) is 80.1 Å². The molecule has 0 saturated carbocycles. The third kappa shape index (κ3) is 8.12. The molecular weight excluding hydrogens is 356 g/mol. The van der Waals surface area contributed by atoms with Gasteiger partial charge in [-0.05, 0) is 91.0 Å². The molecular formula is C25H52N4. The highest BCUT2D eigenvalue weighted by atomic mass is 15.3. The first-order valence-electron chi connectivity index (χ1n) is 13.0. The van der Waals surface area contributed by atoms with E-state index in [-0.39, 0.29) is 0 Å². The summed E-state index contributed by atoms with van der Waals surface area (Å²) in [4.78, 5) is 11.0. The van der Waals surface area contributed by atoms with Gasteiger partial charge in [0.2, 0.25) is 0 Å². The Morgan fingerprint density at radius 2 is 1.14 bits per heavy atom. The van der Waals surface area contributed by atoms with Crippen molar-refractivity contribution in [1.29, 1.82) is 0 Å². The molecule has 3 fully saturated rings. The maximum atomic E-state index is 2.84. The zero-order valence-electron chi connectivity index (χ0n) is 20.7. The Labute approximate surface area is 183 Å². The second kappa shape index (κ2) is 13.3. The van der Waals surface area contributed by atoms with Crippen molar-refractivity contribution in [1.82, 2.24) is 19.6 Å². The molecule has 0 unspecified atom stereocenters. The third-order valence-electron chi connectivity index (χ3n) is 7.42. The Bertz CT molecular complexity index is 401. The van der Waals surface area contributed by atoms with E-state index in [2.05, 4.69) is 47.3 Å². The molecule has 3 saturated heterocycles. The molecule has 0 aromatic heterocycles. The molecule has 0 atom stereocenters. The van der Waals surface area contributed by atoms with E-state index in [0.29, 0.717) is 6.04 Å². The van der Waals surface area contributed by atoms with Crippen LogP contribution in [-0.2, 0) is 0 Å². The lowest BCUT2D eigenvalue weighted by Gasteiger charge is -2.46. The lowest BCUT2D eigenvalue weighted by atomic mass is 9.96. The normalized spacial score (nSPS) is 24.8. The Kier molecular flexibility index (Phi) is 11.5. The van der Waals surface area contributed by atoms with Gasteiger partial charge >= 0.3 is 0 Å². The van der Waals surface area contributed by atoms with E-state index >= 15 is 0 Å². The average Bonchev–Trinajstić information content (AvgIpc) is 2.76. The lowest BCUT2D eigenvalue weighted by molar-refractivity contribution is 0.0276. The van der Waals surface area contributed by atoms with Crippen molar-refractivity contribution in [3.8, 4) is 0 Å². The summed E-state index contributed by atoms with van der Waals surface area (Å²) in [6.07, 6.45) is 8.38. The van der Waals surface area contributed by atoms with Gasteiger partial charge in [0, 0.05) is 44.3 Å². The largest absolute Gasteiger partial charge is 0.303 e. The van der Waals surface area contributed by atoms with E-state index in [9.17, 15) is 0 Å². The Hall–Kier alpha value is -0.160. The fourth-order valence-corrected chi connectivity index (χ4v) is 5.47. The summed E-state index contributed by atoms with van der Waals surface area (Å²) in [5.74, 6) is 0.859. The molecule has 3 heterocycles. The first-order chi connectivity index (χ1) is 14.0. The molecule has 3 rings (SSSR count). The standard InChI is InChI=1S/C23H46N4.C2H6/c1-20(2)6-5-11-24-12-7-22(8-13-24)26-14-9-23(10-15-26)27-18-16-25(17-19-27)21(3)4;1-2/h20-23H,5-19H2,1-4H3;1-2H3. The molecule has 4 nitrogen and oxygen atoms in total. The third-order valence-corrected chi connectivity index (χ3v) is 7.42. The quantitative estimate of drug-likeness (QED) is 0.619. The molecule has 4 heteroatoms. The smallest absolute Gasteiger partial charge is 0.0121 e. The minimum absolute atomic E-state index is 0.713. The van der Waals surface area contributed by atoms with Gasteiger partial charge in [0.1, 0.15) is 0 Å². The van der Waals surface area contributed by atoms with Gasteiger partial charge in [-0.1, -0.05) is 27.7 Å². The molecule has 172 valence electrons. The van der Waals surface area contributed by atoms with Crippen molar-refractivity contribution in [2.45, 2.75) is 98.2 Å². The minimum atomic E-state index is 0.713. The predicted molar refractivity (Wildman–Crippen MR) is 128 cm³/mol. The molecule has 29 heavy (non-hydrogen) atoms. The summed E-state index contributed by atoms with van der Waals surface area (Å²) < 4.78 is 0. The number of hydrogen-bond donors (Lipinski definition) is 0. The maximum Gasteiger partial charge on any atom is 0.0121 e. The first-order valence-corrected chi connectivity index (χ1v) is 13.0. The van der Waals surface area contributed by atoms with Crippen LogP contribution in [0.25, 0.3) is 0 Å². The zero-order valence-corrected chi connectivity index (χ0v) is 20.7. The average molecular weight is 409 g/mol. The van der Waals surface area contributed by atoms with Crippen molar-refractivity contribution in [3.63, 3.8) is 0 Å². The van der Waals surface area contributed by atoms with Crippen LogP contribution in [-0.4, -0.2) is 96.6 Å². The van der Waals surface area contributed by atoms with Crippen LogP contribution in [0.3, 0.4) is 0 Å². The van der Waals surface area contributed by atoms with Crippen LogP contribution in [0.15, 0.2) is 0 Å². The van der Waals surface area contributed by atoms with E-state index in [4.69, 9.17) is 0 Å². The number of piperazine rings is 1. The zero-order chi connectivity index (χ0) is 21.2. The van der Waals surface area contributed by atoms with Gasteiger partial charge in [-0.3, -0.25) is 9.80 Å². The molecule has 0 spiro atoms. The van der Waals surface area contributed by atoms with E-state index in [1.807, 2.05) is 13.8 Å². The molecule has 0 aromatic rings. The van der Waals surface area contributed by atoms with Crippen molar-refractivity contribution in [2.24, 2.45) is 5.92 Å². The fourth-order valence-electron chi connectivity index (χ4n) is 5.47. The highest BCUT2D eigenvalue weighted by molar-refractivity contribution is 4.88. The summed E-state index contributed by atoms with van der Waals surface area (Å²) in [5.41, 5.74) is 0. The number of rotatable bonds is 7. The summed E-state index contributed by atoms with van der Waals surface area (Å²) in [6.45, 7) is 25.2. The van der Waals surface area contributed by atoms with Crippen molar-refractivity contribution in [3.05, 3.63) is 0 Å². The number of hydrogen-bond acceptors (Lipinski definition) is 4. The number of likely N-dealkylation sites (tertiary alicyclic amines) is 2. The topological polar surface area (TPSA) is 13.0 Å². The SMILES string of the molecule is CC.CC(C)CCCN1CCC(N2CCC(N3CCN(C(C)C)CC3)CC2)CC1. The minimum Gasteiger partial charge on any atom is -0.303 e. The van der Waals surface area contributed by atoms with E-state index in [0.717, 1.165) is 18.0 Å². The second-order valence-electron chi connectivity index (χ2n) is 10.0. The molecule has 0 amide bonds. The Morgan fingerprint density at radius 3 is 1.62 bits per heavy atom. The van der Waals surface area contributed by atoms with Gasteiger partial charge in [-0.15, -0.1) is 0 Å². The number of piperidine rings is 2. The summed E-state index contributed by atoms with van der Waals surface area (Å²) in [5, 5.41) is 0. The van der Waals surface area contributed by atoms with Crippen LogP contribution in [0, 0.1) is 5.92 Å². The highest BCUT2D eigenvalue weighted by Gasteiger charge is 2.31. The lowest BCUT2D eigenvalue weighted by Crippen LogP contribution is -2.55. The Morgan fingerprint density at radius 1 is 0.655 bits per heavy atom. The second-order valence-corrected chi connectivity index (χ2v) is 10.0. The first kappa shape index (κ1) is 25.1. The molecule has 0 bridgehead atoms. The van der Waals surface area contributed by atoms with E-state index in [1.165, 1.54) is 97.4 Å². The molecule has 0 radical (unpaired) electrons. The van der Waals surface area contributed by atoms with E-state index < -0.39 is 0 Å².